The maximum Gasteiger partial charge on any atom is 0.0784 e. The lowest BCUT2D eigenvalue weighted by Crippen LogP contribution is -2.38. The average molecular weight is 863 g/mol. The first-order valence-electron chi connectivity index (χ1n) is 23.3. The molecule has 10 aromatic carbocycles. The van der Waals surface area contributed by atoms with Crippen molar-refractivity contribution in [1.29, 1.82) is 0 Å². The zero-order valence-electron chi connectivity index (χ0n) is 40.0. The molecule has 0 nitrogen and oxygen atoms in total. The highest BCUT2D eigenvalue weighted by Gasteiger charge is 2.26. The van der Waals surface area contributed by atoms with Crippen molar-refractivity contribution in [2.45, 2.75) is 91.7 Å². The molecule has 10 rings (SSSR count). The summed E-state index contributed by atoms with van der Waals surface area (Å²) in [6, 6.07) is 61.7. The molecule has 0 fully saturated rings. The van der Waals surface area contributed by atoms with Crippen LogP contribution in [0.4, 0.5) is 0 Å². The van der Waals surface area contributed by atoms with Crippen LogP contribution in [0.5, 0.6) is 0 Å². The van der Waals surface area contributed by atoms with Crippen molar-refractivity contribution in [3.63, 3.8) is 0 Å². The van der Waals surface area contributed by atoms with Gasteiger partial charge in [-0.05, 0) is 132 Å². The Labute approximate surface area is 383 Å². The molecule has 0 saturated heterocycles. The summed E-state index contributed by atoms with van der Waals surface area (Å²) in [7, 11) is -3.27. The quantitative estimate of drug-likeness (QED) is 0.115. The molecule has 0 bridgehead atoms. The zero-order chi connectivity index (χ0) is 45.1. The van der Waals surface area contributed by atoms with E-state index in [0.717, 1.165) is 0 Å². The van der Waals surface area contributed by atoms with Gasteiger partial charge in [0.15, 0.2) is 0 Å². The van der Waals surface area contributed by atoms with E-state index in [1.54, 1.807) is 0 Å². The van der Waals surface area contributed by atoms with Crippen molar-refractivity contribution in [1.82, 2.24) is 0 Å². The summed E-state index contributed by atoms with van der Waals surface area (Å²) in [6.07, 6.45) is 0. The fourth-order valence-corrected chi connectivity index (χ4v) is 13.8. The predicted octanol–water partition coefficient (Wildman–Crippen LogP) is 17.2. The largest absolute Gasteiger partial charge is 0.0784 e. The first kappa shape index (κ1) is 42.2. The minimum Gasteiger partial charge on any atom is -0.0656 e. The van der Waals surface area contributed by atoms with Crippen molar-refractivity contribution in [2.75, 3.05) is 0 Å². The highest BCUT2D eigenvalue weighted by Crippen LogP contribution is 2.50. The fraction of sp³-hybridized carbons (Fsp3) is 0.226. The SMILES string of the molecule is CC(C)(C)c1ccc(-c2cc(-c3ccc([Si](C)(C)C)c4ccccc34)c3ccc4c(-c5ccc(C(C)(C)C)cc5)cc(-c5ccc([Si](C)(C)C)c6ccccc56)c5ccc2c3c45)cc1. The van der Waals surface area contributed by atoms with Gasteiger partial charge in [-0.2, -0.15) is 0 Å². The first-order chi connectivity index (χ1) is 30.3. The van der Waals surface area contributed by atoms with Crippen molar-refractivity contribution in [2.24, 2.45) is 0 Å². The maximum atomic E-state index is 2.51. The van der Waals surface area contributed by atoms with Gasteiger partial charge in [-0.25, -0.2) is 0 Å². The van der Waals surface area contributed by atoms with E-state index in [4.69, 9.17) is 0 Å². The van der Waals surface area contributed by atoms with E-state index in [9.17, 15) is 0 Å². The molecule has 2 heteroatoms. The third-order valence-corrected chi connectivity index (χ3v) is 18.2. The van der Waals surface area contributed by atoms with Gasteiger partial charge in [0, 0.05) is 0 Å². The molecule has 0 heterocycles. The lowest BCUT2D eigenvalue weighted by atomic mass is 9.80. The summed E-state index contributed by atoms with van der Waals surface area (Å²) in [5.41, 5.74) is 13.1. The molecule has 0 saturated carbocycles. The third kappa shape index (κ3) is 7.02. The van der Waals surface area contributed by atoms with Gasteiger partial charge in [-0.15, -0.1) is 0 Å². The highest BCUT2D eigenvalue weighted by atomic mass is 28.3. The van der Waals surface area contributed by atoms with Crippen molar-refractivity contribution in [3.05, 3.63) is 169 Å². The van der Waals surface area contributed by atoms with E-state index in [1.807, 2.05) is 0 Å². The average Bonchev–Trinajstić information content (AvgIpc) is 3.26. The normalized spacial score (nSPS) is 13.0. The number of benzene rings is 10. The molecule has 64 heavy (non-hydrogen) atoms. The molecule has 0 N–H and O–H groups in total. The summed E-state index contributed by atoms with van der Waals surface area (Å²) < 4.78 is 0. The molecule has 0 atom stereocenters. The van der Waals surface area contributed by atoms with Crippen LogP contribution in [0.2, 0.25) is 39.3 Å². The van der Waals surface area contributed by atoms with Gasteiger partial charge in [0.2, 0.25) is 0 Å². The molecule has 0 aliphatic rings. The van der Waals surface area contributed by atoms with Gasteiger partial charge in [-0.3, -0.25) is 0 Å². The first-order valence-corrected chi connectivity index (χ1v) is 30.3. The van der Waals surface area contributed by atoms with Crippen LogP contribution in [-0.4, -0.2) is 16.1 Å². The molecule has 0 aliphatic carbocycles. The van der Waals surface area contributed by atoms with Crippen LogP contribution < -0.4 is 10.4 Å². The second-order valence-electron chi connectivity index (χ2n) is 22.6. The Kier molecular flexibility index (Phi) is 9.80. The summed E-state index contributed by atoms with van der Waals surface area (Å²) >= 11 is 0. The minimum atomic E-state index is -1.64. The van der Waals surface area contributed by atoms with E-state index in [2.05, 4.69) is 239 Å². The second kappa shape index (κ2) is 14.9. The van der Waals surface area contributed by atoms with E-state index >= 15 is 0 Å². The van der Waals surface area contributed by atoms with Gasteiger partial charge >= 0.3 is 0 Å². The Balaban J connectivity index is 1.37. The summed E-state index contributed by atoms with van der Waals surface area (Å²) in [5, 5.41) is 16.4. The Bertz CT molecular complexity index is 3200. The monoisotopic (exact) mass is 862 g/mol. The Hall–Kier alpha value is -5.81. The molecule has 0 unspecified atom stereocenters. The van der Waals surface area contributed by atoms with E-state index < -0.39 is 16.1 Å². The van der Waals surface area contributed by atoms with Gasteiger partial charge in [0.1, 0.15) is 0 Å². The zero-order valence-corrected chi connectivity index (χ0v) is 42.0. The van der Waals surface area contributed by atoms with E-state index in [-0.39, 0.29) is 10.8 Å². The number of hydrogen-bond donors (Lipinski definition) is 0. The number of hydrogen-bond acceptors (Lipinski definition) is 0. The lowest BCUT2D eigenvalue weighted by Gasteiger charge is -2.25. The fourth-order valence-electron chi connectivity index (χ4n) is 10.6. The molecule has 0 amide bonds. The van der Waals surface area contributed by atoms with Crippen molar-refractivity contribution < 1.29 is 0 Å². The second-order valence-corrected chi connectivity index (χ2v) is 32.7. The van der Waals surface area contributed by atoms with E-state index in [0.29, 0.717) is 0 Å². The van der Waals surface area contributed by atoms with Gasteiger partial charge in [0.05, 0.1) is 16.1 Å². The van der Waals surface area contributed by atoms with Crippen LogP contribution in [0.3, 0.4) is 0 Å². The molecular weight excluding hydrogens is 801 g/mol. The highest BCUT2D eigenvalue weighted by molar-refractivity contribution is 6.91. The van der Waals surface area contributed by atoms with Crippen LogP contribution in [-0.2, 0) is 10.8 Å². The Morgan fingerprint density at radius 2 is 0.594 bits per heavy atom. The summed E-state index contributed by atoms with van der Waals surface area (Å²) in [6.45, 7) is 28.6. The molecule has 0 aromatic heterocycles. The third-order valence-electron chi connectivity index (χ3n) is 14.1. The number of fused-ring (bicyclic) bond motifs is 2. The van der Waals surface area contributed by atoms with Gasteiger partial charge in [-0.1, -0.05) is 237 Å². The molecular formula is C62H62Si2. The Morgan fingerprint density at radius 3 is 0.906 bits per heavy atom. The van der Waals surface area contributed by atoms with Crippen LogP contribution in [0.1, 0.15) is 52.7 Å². The number of rotatable bonds is 6. The standard InChI is InChI=1S/C62H62Si2/c1-61(2,3)41-25-21-39(22-26-41)53-37-55(45-33-35-57(63(7,8)9)47-19-15-13-17-43(45)47)51-32-30-50-54(40-23-27-42(28-24-40)62(4,5)6)38-56(52-31-29-49(53)59(51)60(50)52)46-34-36-58(64(10,11)12)48-20-16-14-18-44(46)48/h13-38H,1-12H3. The lowest BCUT2D eigenvalue weighted by molar-refractivity contribution is 0.590. The topological polar surface area (TPSA) is 0 Å². The molecule has 318 valence electrons. The molecule has 0 spiro atoms. The van der Waals surface area contributed by atoms with E-state index in [1.165, 1.54) is 120 Å². The van der Waals surface area contributed by atoms with Crippen LogP contribution in [0.25, 0.3) is 98.4 Å². The molecule has 10 aromatic rings. The van der Waals surface area contributed by atoms with Crippen LogP contribution in [0, 0.1) is 0 Å². The van der Waals surface area contributed by atoms with Crippen LogP contribution in [0.15, 0.2) is 158 Å². The Morgan fingerprint density at radius 1 is 0.281 bits per heavy atom. The summed E-state index contributed by atoms with van der Waals surface area (Å²) in [5.74, 6) is 0. The molecule has 0 aliphatic heterocycles. The van der Waals surface area contributed by atoms with Crippen molar-refractivity contribution in [3.8, 4) is 44.5 Å². The molecule has 0 radical (unpaired) electrons. The summed E-state index contributed by atoms with van der Waals surface area (Å²) in [4.78, 5) is 0. The van der Waals surface area contributed by atoms with Crippen molar-refractivity contribution >= 4 is 80.4 Å². The van der Waals surface area contributed by atoms with Gasteiger partial charge < -0.3 is 0 Å². The predicted molar refractivity (Wildman–Crippen MR) is 290 cm³/mol. The van der Waals surface area contributed by atoms with Gasteiger partial charge in [0.25, 0.3) is 0 Å². The smallest absolute Gasteiger partial charge is 0.0656 e. The van der Waals surface area contributed by atoms with Crippen LogP contribution >= 0.6 is 0 Å². The minimum absolute atomic E-state index is 0.0682. The maximum absolute atomic E-state index is 2.51.